The maximum absolute atomic E-state index is 12.3. The number of Topliss-reactive ketones (excluding diaryl/α,β-unsaturated/α-hetero) is 1. The monoisotopic (exact) mass is 330 g/mol. The van der Waals surface area contributed by atoms with Crippen molar-refractivity contribution in [3.05, 3.63) is 36.6 Å². The summed E-state index contributed by atoms with van der Waals surface area (Å²) in [4.78, 5) is 12.3. The minimum Gasteiger partial charge on any atom is -0.497 e. The molecule has 2 atom stereocenters. The van der Waals surface area contributed by atoms with E-state index < -0.39 is 0 Å². The number of benzene rings is 1. The summed E-state index contributed by atoms with van der Waals surface area (Å²) >= 11 is 0. The van der Waals surface area contributed by atoms with E-state index in [1.54, 1.807) is 7.11 Å². The van der Waals surface area contributed by atoms with Gasteiger partial charge in [0.15, 0.2) is 0 Å². The molecule has 1 aliphatic carbocycles. The van der Waals surface area contributed by atoms with Crippen LogP contribution in [0.25, 0.3) is 0 Å². The van der Waals surface area contributed by atoms with E-state index in [-0.39, 0.29) is 11.7 Å². The Morgan fingerprint density at radius 2 is 1.79 bits per heavy atom. The maximum atomic E-state index is 12.3. The van der Waals surface area contributed by atoms with Crippen LogP contribution in [0.4, 0.5) is 0 Å². The van der Waals surface area contributed by atoms with Gasteiger partial charge in [0.05, 0.1) is 13.0 Å². The van der Waals surface area contributed by atoms with E-state index in [0.717, 1.165) is 18.6 Å². The fourth-order valence-corrected chi connectivity index (χ4v) is 3.53. The SMILES string of the molecule is C=C(Oc1ccc(OC)cc1)[C@H]1C(=O)CC[C@H]1CCCCCCC. The molecule has 0 aromatic heterocycles. The Bertz CT molecular complexity index is 533. The molecule has 0 amide bonds. The summed E-state index contributed by atoms with van der Waals surface area (Å²) in [7, 11) is 1.64. The number of ketones is 1. The Kier molecular flexibility index (Phi) is 7.36. The standard InChI is InChI=1S/C21H30O3/c1-4-5-6-7-8-9-17-10-15-20(22)21(17)16(2)24-19-13-11-18(23-3)12-14-19/h11-14,17,21H,2,4-10,15H2,1,3H3/t17-,21-/m1/s1. The summed E-state index contributed by atoms with van der Waals surface area (Å²) in [6, 6.07) is 7.40. The Labute approximate surface area is 146 Å². The smallest absolute Gasteiger partial charge is 0.143 e. The van der Waals surface area contributed by atoms with Gasteiger partial charge in [-0.25, -0.2) is 0 Å². The first-order chi connectivity index (χ1) is 11.7. The third kappa shape index (κ3) is 5.12. The molecule has 0 saturated heterocycles. The van der Waals surface area contributed by atoms with Crippen LogP contribution in [0.5, 0.6) is 11.5 Å². The molecule has 1 aromatic carbocycles. The molecule has 1 saturated carbocycles. The molecule has 24 heavy (non-hydrogen) atoms. The van der Waals surface area contributed by atoms with Crippen LogP contribution in [0.15, 0.2) is 36.6 Å². The molecule has 0 bridgehead atoms. The highest BCUT2D eigenvalue weighted by Crippen LogP contribution is 2.38. The van der Waals surface area contributed by atoms with Crippen LogP contribution in [0.2, 0.25) is 0 Å². The quantitative estimate of drug-likeness (QED) is 0.417. The number of hydrogen-bond donors (Lipinski definition) is 0. The van der Waals surface area contributed by atoms with Gasteiger partial charge in [0, 0.05) is 6.42 Å². The van der Waals surface area contributed by atoms with Crippen molar-refractivity contribution in [2.24, 2.45) is 11.8 Å². The van der Waals surface area contributed by atoms with Gasteiger partial charge in [-0.2, -0.15) is 0 Å². The molecule has 0 spiro atoms. The number of methoxy groups -OCH3 is 1. The van der Waals surface area contributed by atoms with Crippen LogP contribution in [-0.2, 0) is 4.79 Å². The van der Waals surface area contributed by atoms with Gasteiger partial charge in [0.2, 0.25) is 0 Å². The molecule has 0 unspecified atom stereocenters. The second-order valence-corrected chi connectivity index (χ2v) is 6.69. The molecular formula is C21H30O3. The van der Waals surface area contributed by atoms with Gasteiger partial charge in [-0.05, 0) is 43.0 Å². The van der Waals surface area contributed by atoms with E-state index in [0.29, 0.717) is 23.8 Å². The van der Waals surface area contributed by atoms with Crippen molar-refractivity contribution < 1.29 is 14.3 Å². The van der Waals surface area contributed by atoms with Crippen molar-refractivity contribution >= 4 is 5.78 Å². The minimum atomic E-state index is -0.140. The van der Waals surface area contributed by atoms with Gasteiger partial charge >= 0.3 is 0 Å². The predicted octanol–water partition coefficient (Wildman–Crippen LogP) is 5.54. The van der Waals surface area contributed by atoms with Crippen molar-refractivity contribution in [3.63, 3.8) is 0 Å². The second-order valence-electron chi connectivity index (χ2n) is 6.69. The number of allylic oxidation sites excluding steroid dienone is 1. The molecule has 1 aliphatic rings. The molecule has 0 aliphatic heterocycles. The number of hydrogen-bond acceptors (Lipinski definition) is 3. The first kappa shape index (κ1) is 18.6. The van der Waals surface area contributed by atoms with Crippen LogP contribution < -0.4 is 9.47 Å². The Morgan fingerprint density at radius 1 is 1.12 bits per heavy atom. The lowest BCUT2D eigenvalue weighted by molar-refractivity contribution is -0.120. The lowest BCUT2D eigenvalue weighted by atomic mass is 9.89. The molecule has 2 rings (SSSR count). The fourth-order valence-electron chi connectivity index (χ4n) is 3.53. The van der Waals surface area contributed by atoms with E-state index in [1.807, 2.05) is 24.3 Å². The Hall–Kier alpha value is -1.77. The summed E-state index contributed by atoms with van der Waals surface area (Å²) in [6.07, 6.45) is 9.06. The topological polar surface area (TPSA) is 35.5 Å². The summed E-state index contributed by atoms with van der Waals surface area (Å²) < 4.78 is 11.0. The summed E-state index contributed by atoms with van der Waals surface area (Å²) in [5.74, 6) is 2.63. The van der Waals surface area contributed by atoms with Crippen molar-refractivity contribution in [1.82, 2.24) is 0 Å². The zero-order valence-electron chi connectivity index (χ0n) is 15.1. The zero-order valence-corrected chi connectivity index (χ0v) is 15.1. The van der Waals surface area contributed by atoms with Crippen LogP contribution in [0.3, 0.4) is 0 Å². The summed E-state index contributed by atoms with van der Waals surface area (Å²) in [5, 5.41) is 0. The lowest BCUT2D eigenvalue weighted by Crippen LogP contribution is -2.20. The molecule has 0 radical (unpaired) electrons. The van der Waals surface area contributed by atoms with Crippen LogP contribution in [0, 0.1) is 11.8 Å². The first-order valence-corrected chi connectivity index (χ1v) is 9.19. The highest BCUT2D eigenvalue weighted by atomic mass is 16.5. The van der Waals surface area contributed by atoms with Crippen molar-refractivity contribution in [2.75, 3.05) is 7.11 Å². The van der Waals surface area contributed by atoms with Gasteiger partial charge in [0.1, 0.15) is 23.0 Å². The van der Waals surface area contributed by atoms with Crippen LogP contribution in [0.1, 0.15) is 58.3 Å². The zero-order chi connectivity index (χ0) is 17.4. The second kappa shape index (κ2) is 9.51. The Morgan fingerprint density at radius 3 is 2.46 bits per heavy atom. The van der Waals surface area contributed by atoms with Crippen LogP contribution in [-0.4, -0.2) is 12.9 Å². The fraction of sp³-hybridized carbons (Fsp3) is 0.571. The van der Waals surface area contributed by atoms with E-state index in [4.69, 9.17) is 9.47 Å². The van der Waals surface area contributed by atoms with Gasteiger partial charge in [0.25, 0.3) is 0 Å². The number of unbranched alkanes of at least 4 members (excludes halogenated alkanes) is 4. The first-order valence-electron chi connectivity index (χ1n) is 9.19. The average molecular weight is 330 g/mol. The highest BCUT2D eigenvalue weighted by molar-refractivity contribution is 5.85. The Balaban J connectivity index is 1.88. The predicted molar refractivity (Wildman–Crippen MR) is 97.4 cm³/mol. The third-order valence-corrected chi connectivity index (χ3v) is 4.91. The number of ether oxygens (including phenoxy) is 2. The molecule has 1 fully saturated rings. The molecule has 1 aromatic rings. The maximum Gasteiger partial charge on any atom is 0.143 e. The lowest BCUT2D eigenvalue weighted by Gasteiger charge is -2.21. The van der Waals surface area contributed by atoms with Crippen molar-refractivity contribution in [1.29, 1.82) is 0 Å². The molecule has 3 heteroatoms. The van der Waals surface area contributed by atoms with Crippen molar-refractivity contribution in [3.8, 4) is 11.5 Å². The molecule has 132 valence electrons. The van der Waals surface area contributed by atoms with Gasteiger partial charge in [-0.3, -0.25) is 4.79 Å². The average Bonchev–Trinajstić information content (AvgIpc) is 2.96. The third-order valence-electron chi connectivity index (χ3n) is 4.91. The normalized spacial score (nSPS) is 20.2. The van der Waals surface area contributed by atoms with E-state index in [2.05, 4.69) is 13.5 Å². The number of rotatable bonds is 10. The number of carbonyl (C=O) groups excluding carboxylic acids is 1. The van der Waals surface area contributed by atoms with E-state index in [9.17, 15) is 4.79 Å². The molecule has 0 N–H and O–H groups in total. The molecule has 0 heterocycles. The molecule has 3 nitrogen and oxygen atoms in total. The minimum absolute atomic E-state index is 0.140. The van der Waals surface area contributed by atoms with Crippen LogP contribution >= 0.6 is 0 Å². The number of carbonyl (C=O) groups is 1. The molecular weight excluding hydrogens is 300 g/mol. The van der Waals surface area contributed by atoms with Gasteiger partial charge < -0.3 is 9.47 Å². The summed E-state index contributed by atoms with van der Waals surface area (Å²) in [6.45, 7) is 6.29. The highest BCUT2D eigenvalue weighted by Gasteiger charge is 2.37. The largest absolute Gasteiger partial charge is 0.497 e. The van der Waals surface area contributed by atoms with E-state index in [1.165, 1.54) is 32.1 Å². The van der Waals surface area contributed by atoms with Gasteiger partial charge in [-0.1, -0.05) is 45.6 Å². The van der Waals surface area contributed by atoms with Crippen molar-refractivity contribution in [2.45, 2.75) is 58.3 Å². The van der Waals surface area contributed by atoms with Gasteiger partial charge in [-0.15, -0.1) is 0 Å². The summed E-state index contributed by atoms with van der Waals surface area (Å²) in [5.41, 5.74) is 0. The van der Waals surface area contributed by atoms with E-state index >= 15 is 0 Å².